The Labute approximate surface area is 232 Å². The summed E-state index contributed by atoms with van der Waals surface area (Å²) < 4.78 is 45.2. The number of sulfonamides is 1. The molecule has 8 nitrogen and oxygen atoms in total. The minimum Gasteiger partial charge on any atom is -0.497 e. The first-order valence-corrected chi connectivity index (χ1v) is 15.3. The molecule has 0 N–H and O–H groups in total. The third-order valence-corrected chi connectivity index (χ3v) is 11.2. The van der Waals surface area contributed by atoms with Gasteiger partial charge >= 0.3 is 0 Å². The zero-order chi connectivity index (χ0) is 28.9. The van der Waals surface area contributed by atoms with Crippen LogP contribution in [0.2, 0.25) is 0 Å². The molecular weight excluding hydrogens is 502 g/mol. The fourth-order valence-corrected chi connectivity index (χ4v) is 7.37. The van der Waals surface area contributed by atoms with Crippen LogP contribution in [0, 0.1) is 25.2 Å². The molecule has 1 saturated carbocycles. The average molecular weight is 556 g/mol. The Kier molecular flexibility index (Phi) is 11.6. The van der Waals surface area contributed by atoms with Gasteiger partial charge < -0.3 is 19.1 Å². The van der Waals surface area contributed by atoms with Crippen LogP contribution in [0.15, 0.2) is 17.0 Å². The maximum Gasteiger partial charge on any atom is 0.243 e. The molecule has 1 aromatic carbocycles. The number of ether oxygens (including phenoxy) is 3. The number of hydrogen-bond acceptors (Lipinski definition) is 7. The van der Waals surface area contributed by atoms with E-state index in [-0.39, 0.29) is 18.6 Å². The van der Waals surface area contributed by atoms with Crippen molar-refractivity contribution < 1.29 is 22.6 Å². The molecule has 2 rings (SSSR count). The van der Waals surface area contributed by atoms with Crippen LogP contribution in [0.4, 0.5) is 0 Å². The largest absolute Gasteiger partial charge is 0.497 e. The number of likely N-dealkylation sites (N-methyl/N-ethyl adjacent to an activating group) is 2. The second-order valence-corrected chi connectivity index (χ2v) is 13.5. The van der Waals surface area contributed by atoms with Crippen molar-refractivity contribution in [1.82, 2.24) is 14.1 Å². The SMILES string of the molecule is CCN(CC)CC[C@H]1C[C@@H](N(C)C(C)(COCCN(C)S(=O)(=O)c2c(C)cc(OC)cc2C)OC)C1(C)C. The molecule has 0 aliphatic heterocycles. The predicted octanol–water partition coefficient (Wildman–Crippen LogP) is 4.39. The maximum atomic E-state index is 13.3. The van der Waals surface area contributed by atoms with Crippen LogP contribution in [0.5, 0.6) is 5.75 Å². The number of aryl methyl sites for hydroxylation is 2. The van der Waals surface area contributed by atoms with Gasteiger partial charge in [0.25, 0.3) is 0 Å². The molecule has 9 heteroatoms. The van der Waals surface area contributed by atoms with Crippen molar-refractivity contribution in [3.05, 3.63) is 23.3 Å². The average Bonchev–Trinajstić information content (AvgIpc) is 2.86. The highest BCUT2D eigenvalue weighted by Gasteiger charge is 2.52. The smallest absolute Gasteiger partial charge is 0.243 e. The van der Waals surface area contributed by atoms with Gasteiger partial charge in [-0.15, -0.1) is 0 Å². The fraction of sp³-hybridized carbons (Fsp3) is 0.793. The van der Waals surface area contributed by atoms with Crippen LogP contribution in [0.25, 0.3) is 0 Å². The van der Waals surface area contributed by atoms with Crippen LogP contribution in [-0.2, 0) is 19.5 Å². The Hall–Kier alpha value is -1.23. The molecule has 3 atom stereocenters. The van der Waals surface area contributed by atoms with Crippen LogP contribution in [-0.4, -0.2) is 102 Å². The van der Waals surface area contributed by atoms with Gasteiger partial charge in [-0.25, -0.2) is 8.42 Å². The van der Waals surface area contributed by atoms with E-state index in [1.807, 2.05) is 0 Å². The van der Waals surface area contributed by atoms with E-state index in [1.54, 1.807) is 47.2 Å². The number of hydrogen-bond donors (Lipinski definition) is 0. The molecule has 1 aliphatic carbocycles. The number of methoxy groups -OCH3 is 2. The number of nitrogens with zero attached hydrogens (tertiary/aromatic N) is 3. The number of rotatable bonds is 16. The van der Waals surface area contributed by atoms with E-state index >= 15 is 0 Å². The van der Waals surface area contributed by atoms with Crippen molar-refractivity contribution in [2.75, 3.05) is 67.7 Å². The zero-order valence-electron chi connectivity index (χ0n) is 25.8. The second-order valence-electron chi connectivity index (χ2n) is 11.5. The second kappa shape index (κ2) is 13.4. The van der Waals surface area contributed by atoms with Crippen molar-refractivity contribution in [2.24, 2.45) is 11.3 Å². The van der Waals surface area contributed by atoms with Gasteiger partial charge in [-0.2, -0.15) is 4.31 Å². The van der Waals surface area contributed by atoms with Gasteiger partial charge in [-0.05, 0) is 94.9 Å². The molecule has 1 fully saturated rings. The molecule has 0 radical (unpaired) electrons. The molecular formula is C29H53N3O5S. The first-order valence-electron chi connectivity index (χ1n) is 13.9. The van der Waals surface area contributed by atoms with E-state index in [4.69, 9.17) is 14.2 Å². The summed E-state index contributed by atoms with van der Waals surface area (Å²) in [6.45, 7) is 19.0. The highest BCUT2D eigenvalue weighted by molar-refractivity contribution is 7.89. The fourth-order valence-electron chi connectivity index (χ4n) is 5.81. The van der Waals surface area contributed by atoms with E-state index in [1.165, 1.54) is 10.7 Å². The summed E-state index contributed by atoms with van der Waals surface area (Å²) in [6, 6.07) is 3.89. The Morgan fingerprint density at radius 2 is 1.63 bits per heavy atom. The van der Waals surface area contributed by atoms with Gasteiger partial charge in [-0.3, -0.25) is 4.90 Å². The van der Waals surface area contributed by atoms with Crippen LogP contribution >= 0.6 is 0 Å². The lowest BCUT2D eigenvalue weighted by Crippen LogP contribution is -2.65. The van der Waals surface area contributed by atoms with Gasteiger partial charge in [-0.1, -0.05) is 27.7 Å². The molecule has 0 heterocycles. The summed E-state index contributed by atoms with van der Waals surface area (Å²) in [5.41, 5.74) is 0.916. The summed E-state index contributed by atoms with van der Waals surface area (Å²) >= 11 is 0. The summed E-state index contributed by atoms with van der Waals surface area (Å²) in [5, 5.41) is 0. The van der Waals surface area contributed by atoms with Crippen molar-refractivity contribution >= 4 is 10.0 Å². The minimum absolute atomic E-state index is 0.185. The number of benzene rings is 1. The lowest BCUT2D eigenvalue weighted by Gasteiger charge is -2.59. The summed E-state index contributed by atoms with van der Waals surface area (Å²) in [5.74, 6) is 1.33. The molecule has 0 spiro atoms. The highest BCUT2D eigenvalue weighted by atomic mass is 32.2. The van der Waals surface area contributed by atoms with Gasteiger partial charge in [0.05, 0.1) is 25.2 Å². The van der Waals surface area contributed by atoms with Gasteiger partial charge in [0.15, 0.2) is 0 Å². The van der Waals surface area contributed by atoms with Gasteiger partial charge in [0, 0.05) is 26.7 Å². The van der Waals surface area contributed by atoms with Crippen molar-refractivity contribution in [3.8, 4) is 5.75 Å². The topological polar surface area (TPSA) is 71.6 Å². The molecule has 38 heavy (non-hydrogen) atoms. The normalized spacial score (nSPS) is 21.1. The Morgan fingerprint density at radius 1 is 1.05 bits per heavy atom. The summed E-state index contributed by atoms with van der Waals surface area (Å²) in [4.78, 5) is 5.13. The molecule has 0 saturated heterocycles. The Bertz CT molecular complexity index is 988. The van der Waals surface area contributed by atoms with E-state index in [0.29, 0.717) is 40.3 Å². The highest BCUT2D eigenvalue weighted by Crippen LogP contribution is 2.51. The summed E-state index contributed by atoms with van der Waals surface area (Å²) in [6.07, 6.45) is 2.36. The third-order valence-electron chi connectivity index (χ3n) is 9.02. The minimum atomic E-state index is -3.66. The molecule has 220 valence electrons. The van der Waals surface area contributed by atoms with Crippen molar-refractivity contribution in [1.29, 1.82) is 0 Å². The van der Waals surface area contributed by atoms with E-state index in [2.05, 4.69) is 51.5 Å². The summed E-state index contributed by atoms with van der Waals surface area (Å²) in [7, 11) is 3.35. The Balaban J connectivity index is 1.95. The molecule has 1 aliphatic rings. The first kappa shape index (κ1) is 33.0. The van der Waals surface area contributed by atoms with Crippen molar-refractivity contribution in [2.45, 2.75) is 78.0 Å². The van der Waals surface area contributed by atoms with E-state index in [9.17, 15) is 8.42 Å². The monoisotopic (exact) mass is 555 g/mol. The molecule has 1 aromatic rings. The van der Waals surface area contributed by atoms with Crippen LogP contribution in [0.1, 0.15) is 58.6 Å². The third kappa shape index (κ3) is 7.09. The first-order chi connectivity index (χ1) is 17.7. The molecule has 0 aromatic heterocycles. The van der Waals surface area contributed by atoms with Crippen molar-refractivity contribution in [3.63, 3.8) is 0 Å². The van der Waals surface area contributed by atoms with Gasteiger partial charge in [0.2, 0.25) is 10.0 Å². The molecule has 1 unspecified atom stereocenters. The van der Waals surface area contributed by atoms with E-state index in [0.717, 1.165) is 26.1 Å². The lowest BCUT2D eigenvalue weighted by molar-refractivity contribution is -0.208. The zero-order valence-corrected chi connectivity index (χ0v) is 26.6. The van der Waals surface area contributed by atoms with Crippen LogP contribution < -0.4 is 4.74 Å². The standard InChI is InChI=1S/C29H53N3O5S/c1-12-32(13-2)15-14-24-20-26(28(24,5)6)31(9)29(7,36-11)21-37-17-16-30(8)38(33,34)27-22(3)18-25(35-10)19-23(27)4/h18-19,24,26H,12-17,20-21H2,1-11H3/t24-,26+,29?/m0/s1. The van der Waals surface area contributed by atoms with Gasteiger partial charge in [0.1, 0.15) is 11.5 Å². The van der Waals surface area contributed by atoms with Crippen LogP contribution in [0.3, 0.4) is 0 Å². The quantitative estimate of drug-likeness (QED) is 0.221. The predicted molar refractivity (Wildman–Crippen MR) is 154 cm³/mol. The molecule has 0 amide bonds. The lowest BCUT2D eigenvalue weighted by atomic mass is 9.56. The molecule has 0 bridgehead atoms. The Morgan fingerprint density at radius 3 is 2.11 bits per heavy atom. The van der Waals surface area contributed by atoms with E-state index < -0.39 is 15.7 Å². The maximum absolute atomic E-state index is 13.3.